The molecule has 0 aromatic heterocycles. The van der Waals surface area contributed by atoms with Crippen molar-refractivity contribution in [2.24, 2.45) is 0 Å². The maximum Gasteiger partial charge on any atom is 0.408 e. The molecule has 1 rings (SSSR count). The van der Waals surface area contributed by atoms with Crippen molar-refractivity contribution in [2.45, 2.75) is 91.4 Å². The van der Waals surface area contributed by atoms with Gasteiger partial charge in [-0.05, 0) is 91.8 Å². The monoisotopic (exact) mass is 495 g/mol. The molecule has 8 nitrogen and oxygen atoms in total. The fourth-order valence-electron chi connectivity index (χ4n) is 2.98. The number of amides is 1. The minimum absolute atomic E-state index is 0.0258. The second kappa shape index (κ2) is 15.6. The molecule has 0 aliphatic rings. The Morgan fingerprint density at radius 2 is 1.34 bits per heavy atom. The first-order valence-electron chi connectivity index (χ1n) is 12.5. The first-order valence-corrected chi connectivity index (χ1v) is 12.5. The van der Waals surface area contributed by atoms with Crippen LogP contribution < -0.4 is 10.1 Å². The molecule has 0 radical (unpaired) electrons. The van der Waals surface area contributed by atoms with Gasteiger partial charge in [-0.2, -0.15) is 0 Å². The molecule has 0 heterocycles. The van der Waals surface area contributed by atoms with Crippen molar-refractivity contribution in [3.05, 3.63) is 29.8 Å². The standard InChI is InChI=1S/C27H45NO7/c1-21(28-25(30)35-27(5,6)7)22-12-14-23(15-13-22)33-19-10-8-9-16-31-17-11-18-32-20-24(29)34-26(2,3)4/h12-15,21H,8-11,16-20H2,1-7H3,(H,28,30)/t21-/m0/s1. The molecular weight excluding hydrogens is 450 g/mol. The number of carbonyl (C=O) groups is 2. The second-order valence-corrected chi connectivity index (χ2v) is 10.5. The smallest absolute Gasteiger partial charge is 0.408 e. The highest BCUT2D eigenvalue weighted by Gasteiger charge is 2.18. The van der Waals surface area contributed by atoms with Gasteiger partial charge in [-0.15, -0.1) is 0 Å². The van der Waals surface area contributed by atoms with Crippen LogP contribution in [0.2, 0.25) is 0 Å². The summed E-state index contributed by atoms with van der Waals surface area (Å²) in [7, 11) is 0. The number of hydrogen-bond donors (Lipinski definition) is 1. The summed E-state index contributed by atoms with van der Waals surface area (Å²) in [6.07, 6.45) is 3.24. The number of hydrogen-bond acceptors (Lipinski definition) is 7. The van der Waals surface area contributed by atoms with Gasteiger partial charge in [0.25, 0.3) is 0 Å². The van der Waals surface area contributed by atoms with E-state index in [1.54, 1.807) is 0 Å². The van der Waals surface area contributed by atoms with Gasteiger partial charge in [0, 0.05) is 19.8 Å². The Morgan fingerprint density at radius 3 is 1.97 bits per heavy atom. The van der Waals surface area contributed by atoms with Crippen LogP contribution in [-0.4, -0.2) is 56.3 Å². The predicted molar refractivity (Wildman–Crippen MR) is 136 cm³/mol. The highest BCUT2D eigenvalue weighted by atomic mass is 16.6. The Labute approximate surface area is 211 Å². The lowest BCUT2D eigenvalue weighted by Gasteiger charge is -2.22. The Balaban J connectivity index is 2.04. The fourth-order valence-corrected chi connectivity index (χ4v) is 2.98. The molecule has 35 heavy (non-hydrogen) atoms. The van der Waals surface area contributed by atoms with Gasteiger partial charge in [-0.25, -0.2) is 9.59 Å². The van der Waals surface area contributed by atoms with E-state index < -0.39 is 17.3 Å². The van der Waals surface area contributed by atoms with Crippen molar-refractivity contribution < 1.29 is 33.3 Å². The maximum atomic E-state index is 11.9. The second-order valence-electron chi connectivity index (χ2n) is 10.5. The van der Waals surface area contributed by atoms with Gasteiger partial charge in [-0.3, -0.25) is 0 Å². The van der Waals surface area contributed by atoms with Crippen LogP contribution in [0.25, 0.3) is 0 Å². The zero-order valence-corrected chi connectivity index (χ0v) is 22.6. The summed E-state index contributed by atoms with van der Waals surface area (Å²) in [6, 6.07) is 7.56. The summed E-state index contributed by atoms with van der Waals surface area (Å²) >= 11 is 0. The van der Waals surface area contributed by atoms with Gasteiger partial charge < -0.3 is 29.0 Å². The zero-order valence-electron chi connectivity index (χ0n) is 22.6. The van der Waals surface area contributed by atoms with Crippen LogP contribution in [0.1, 0.15) is 85.8 Å². The van der Waals surface area contributed by atoms with Gasteiger partial charge in [-0.1, -0.05) is 12.1 Å². The number of esters is 1. The molecule has 0 spiro atoms. The minimum Gasteiger partial charge on any atom is -0.494 e. The number of nitrogens with one attached hydrogen (secondary N) is 1. The van der Waals surface area contributed by atoms with E-state index in [-0.39, 0.29) is 18.6 Å². The molecule has 0 saturated carbocycles. The van der Waals surface area contributed by atoms with Gasteiger partial charge >= 0.3 is 12.1 Å². The molecule has 0 fully saturated rings. The van der Waals surface area contributed by atoms with Crippen LogP contribution in [0.3, 0.4) is 0 Å². The van der Waals surface area contributed by atoms with Crippen molar-refractivity contribution in [3.63, 3.8) is 0 Å². The SMILES string of the molecule is C[C@H](NC(=O)OC(C)(C)C)c1ccc(OCCCCCOCCCOCC(=O)OC(C)(C)C)cc1. The molecule has 0 unspecified atom stereocenters. The summed E-state index contributed by atoms with van der Waals surface area (Å²) in [5, 5.41) is 2.84. The summed E-state index contributed by atoms with van der Waals surface area (Å²) in [5.74, 6) is 0.460. The summed E-state index contributed by atoms with van der Waals surface area (Å²) in [5.41, 5.74) is -0.0248. The largest absolute Gasteiger partial charge is 0.494 e. The quantitative estimate of drug-likeness (QED) is 0.251. The normalized spacial score (nSPS) is 12.7. The molecule has 1 atom stereocenters. The minimum atomic E-state index is -0.521. The molecule has 200 valence electrons. The molecule has 1 aromatic carbocycles. The molecule has 0 saturated heterocycles. The summed E-state index contributed by atoms with van der Waals surface area (Å²) in [4.78, 5) is 23.4. The van der Waals surface area contributed by atoms with Crippen molar-refractivity contribution in [1.29, 1.82) is 0 Å². The number of unbranched alkanes of at least 4 members (excludes halogenated alkanes) is 2. The van der Waals surface area contributed by atoms with E-state index in [9.17, 15) is 9.59 Å². The number of alkyl carbamates (subject to hydrolysis) is 1. The number of rotatable bonds is 15. The topological polar surface area (TPSA) is 92.3 Å². The third kappa shape index (κ3) is 16.9. The van der Waals surface area contributed by atoms with E-state index in [0.717, 1.165) is 37.0 Å². The van der Waals surface area contributed by atoms with Crippen molar-refractivity contribution in [1.82, 2.24) is 5.32 Å². The zero-order chi connectivity index (χ0) is 26.3. The lowest BCUT2D eigenvalue weighted by Crippen LogP contribution is -2.34. The third-order valence-corrected chi connectivity index (χ3v) is 4.53. The van der Waals surface area contributed by atoms with E-state index in [0.29, 0.717) is 26.4 Å². The van der Waals surface area contributed by atoms with Crippen LogP contribution in [0, 0.1) is 0 Å². The lowest BCUT2D eigenvalue weighted by molar-refractivity contribution is -0.160. The Morgan fingerprint density at radius 1 is 0.771 bits per heavy atom. The number of benzene rings is 1. The highest BCUT2D eigenvalue weighted by molar-refractivity contribution is 5.71. The van der Waals surface area contributed by atoms with E-state index in [1.165, 1.54) is 0 Å². The first-order chi connectivity index (χ1) is 16.4. The predicted octanol–water partition coefficient (Wildman–Crippen LogP) is 5.59. The fraction of sp³-hybridized carbons (Fsp3) is 0.704. The molecule has 8 heteroatoms. The van der Waals surface area contributed by atoms with E-state index >= 15 is 0 Å². The highest BCUT2D eigenvalue weighted by Crippen LogP contribution is 2.19. The van der Waals surface area contributed by atoms with E-state index in [1.807, 2.05) is 72.7 Å². The van der Waals surface area contributed by atoms with Crippen LogP contribution >= 0.6 is 0 Å². The van der Waals surface area contributed by atoms with Crippen molar-refractivity contribution in [3.8, 4) is 5.75 Å². The Bertz CT molecular complexity index is 735. The van der Waals surface area contributed by atoms with E-state index in [2.05, 4.69) is 5.32 Å². The molecule has 0 aliphatic carbocycles. The van der Waals surface area contributed by atoms with Gasteiger partial charge in [0.05, 0.1) is 12.6 Å². The first kappa shape index (κ1) is 30.7. The van der Waals surface area contributed by atoms with E-state index in [4.69, 9.17) is 23.7 Å². The average molecular weight is 496 g/mol. The number of carbonyl (C=O) groups excluding carboxylic acids is 2. The Kier molecular flexibility index (Phi) is 13.7. The van der Waals surface area contributed by atoms with Gasteiger partial charge in [0.15, 0.2) is 0 Å². The molecule has 0 aliphatic heterocycles. The molecule has 0 bridgehead atoms. The molecule has 1 aromatic rings. The van der Waals surface area contributed by atoms with Crippen LogP contribution in [-0.2, 0) is 23.7 Å². The average Bonchev–Trinajstić information content (AvgIpc) is 2.72. The maximum absolute atomic E-state index is 11.9. The van der Waals surface area contributed by atoms with Crippen molar-refractivity contribution >= 4 is 12.1 Å². The van der Waals surface area contributed by atoms with Crippen LogP contribution in [0.15, 0.2) is 24.3 Å². The van der Waals surface area contributed by atoms with Gasteiger partial charge in [0.2, 0.25) is 0 Å². The van der Waals surface area contributed by atoms with Crippen LogP contribution in [0.5, 0.6) is 5.75 Å². The Hall–Kier alpha value is -2.32. The molecule has 1 N–H and O–H groups in total. The number of ether oxygens (including phenoxy) is 5. The van der Waals surface area contributed by atoms with Crippen LogP contribution in [0.4, 0.5) is 4.79 Å². The third-order valence-electron chi connectivity index (χ3n) is 4.53. The molecule has 1 amide bonds. The molecular formula is C27H45NO7. The van der Waals surface area contributed by atoms with Crippen molar-refractivity contribution in [2.75, 3.05) is 33.0 Å². The van der Waals surface area contributed by atoms with Gasteiger partial charge in [0.1, 0.15) is 23.6 Å². The summed E-state index contributed by atoms with van der Waals surface area (Å²) < 4.78 is 27.2. The lowest BCUT2D eigenvalue weighted by atomic mass is 10.1. The summed E-state index contributed by atoms with van der Waals surface area (Å²) in [6.45, 7) is 15.3.